The Kier molecular flexibility index (Phi) is 7.04. The summed E-state index contributed by atoms with van der Waals surface area (Å²) in [7, 11) is 3.95. The number of likely N-dealkylation sites (tertiary alicyclic amines) is 1. The van der Waals surface area contributed by atoms with Gasteiger partial charge >= 0.3 is 0 Å². The van der Waals surface area contributed by atoms with Crippen LogP contribution in [0.4, 0.5) is 10.1 Å². The summed E-state index contributed by atoms with van der Waals surface area (Å²) in [5.41, 5.74) is 2.38. The van der Waals surface area contributed by atoms with Crippen molar-refractivity contribution in [3.63, 3.8) is 0 Å². The molecule has 0 aromatic heterocycles. The van der Waals surface area contributed by atoms with Crippen molar-refractivity contribution in [3.05, 3.63) is 65.5 Å². The van der Waals surface area contributed by atoms with Gasteiger partial charge in [-0.15, -0.1) is 0 Å². The quantitative estimate of drug-likeness (QED) is 0.666. The summed E-state index contributed by atoms with van der Waals surface area (Å²) < 4.78 is 19.2. The number of ether oxygens (including phenoxy) is 1. The molecular weight excluding hydrogens is 355 g/mol. The first-order valence-corrected chi connectivity index (χ1v) is 9.92. The van der Waals surface area contributed by atoms with E-state index in [0.29, 0.717) is 24.7 Å². The van der Waals surface area contributed by atoms with E-state index in [-0.39, 0.29) is 11.7 Å². The van der Waals surface area contributed by atoms with E-state index in [1.807, 2.05) is 54.2 Å². The van der Waals surface area contributed by atoms with Crippen molar-refractivity contribution < 1.29 is 13.9 Å². The average Bonchev–Trinajstić information content (AvgIpc) is 2.72. The number of nitrogens with zero attached hydrogens (tertiary/aromatic N) is 2. The lowest BCUT2D eigenvalue weighted by atomic mass is 9.93. The van der Waals surface area contributed by atoms with Gasteiger partial charge in [-0.05, 0) is 49.4 Å². The Morgan fingerprint density at radius 3 is 2.61 bits per heavy atom. The molecule has 28 heavy (non-hydrogen) atoms. The zero-order valence-corrected chi connectivity index (χ0v) is 16.7. The van der Waals surface area contributed by atoms with Gasteiger partial charge in [-0.3, -0.25) is 4.79 Å². The standard InChI is InChI=1S/C23H29FN2O2/c1-25(2)21-8-5-7-19(16-21)23(27)26-13-10-18(11-14-26)12-15-28-17-20-6-3-4-9-22(20)24/h3-9,16,18H,10-15,17H2,1-2H3. The Morgan fingerprint density at radius 2 is 1.89 bits per heavy atom. The van der Waals surface area contributed by atoms with Crippen molar-refractivity contribution >= 4 is 11.6 Å². The third-order valence-corrected chi connectivity index (χ3v) is 5.40. The minimum atomic E-state index is -0.215. The third kappa shape index (κ3) is 5.32. The van der Waals surface area contributed by atoms with Crippen LogP contribution in [0.3, 0.4) is 0 Å². The van der Waals surface area contributed by atoms with Crippen LogP contribution < -0.4 is 4.90 Å². The molecule has 0 saturated carbocycles. The highest BCUT2D eigenvalue weighted by atomic mass is 19.1. The second-order valence-corrected chi connectivity index (χ2v) is 7.61. The van der Waals surface area contributed by atoms with Crippen LogP contribution in [0.5, 0.6) is 0 Å². The van der Waals surface area contributed by atoms with E-state index in [1.54, 1.807) is 12.1 Å². The number of hydrogen-bond acceptors (Lipinski definition) is 3. The molecule has 1 amide bonds. The SMILES string of the molecule is CN(C)c1cccc(C(=O)N2CCC(CCOCc3ccccc3F)CC2)c1. The van der Waals surface area contributed by atoms with Crippen LogP contribution in [-0.4, -0.2) is 44.6 Å². The molecular formula is C23H29FN2O2. The Bertz CT molecular complexity index is 786. The van der Waals surface area contributed by atoms with Crippen LogP contribution >= 0.6 is 0 Å². The van der Waals surface area contributed by atoms with E-state index in [9.17, 15) is 9.18 Å². The number of anilines is 1. The summed E-state index contributed by atoms with van der Waals surface area (Å²) >= 11 is 0. The molecule has 150 valence electrons. The maximum atomic E-state index is 13.6. The number of piperidine rings is 1. The fraction of sp³-hybridized carbons (Fsp3) is 0.435. The Morgan fingerprint density at radius 1 is 1.14 bits per heavy atom. The van der Waals surface area contributed by atoms with Gasteiger partial charge in [0.15, 0.2) is 0 Å². The topological polar surface area (TPSA) is 32.8 Å². The van der Waals surface area contributed by atoms with Gasteiger partial charge in [0.2, 0.25) is 0 Å². The van der Waals surface area contributed by atoms with Gasteiger partial charge in [-0.2, -0.15) is 0 Å². The molecule has 0 unspecified atom stereocenters. The van der Waals surface area contributed by atoms with Crippen molar-refractivity contribution in [2.45, 2.75) is 25.9 Å². The first-order chi connectivity index (χ1) is 13.5. The normalized spacial score (nSPS) is 14.9. The molecule has 0 N–H and O–H groups in total. The van der Waals surface area contributed by atoms with Crippen molar-refractivity contribution in [2.75, 3.05) is 38.7 Å². The number of hydrogen-bond donors (Lipinski definition) is 0. The lowest BCUT2D eigenvalue weighted by Crippen LogP contribution is -2.38. The van der Waals surface area contributed by atoms with Gasteiger partial charge in [0.25, 0.3) is 5.91 Å². The smallest absolute Gasteiger partial charge is 0.253 e. The number of rotatable bonds is 7. The van der Waals surface area contributed by atoms with Gasteiger partial charge in [0.05, 0.1) is 6.61 Å². The van der Waals surface area contributed by atoms with Gasteiger partial charge in [-0.1, -0.05) is 24.3 Å². The highest BCUT2D eigenvalue weighted by Gasteiger charge is 2.23. The van der Waals surface area contributed by atoms with Crippen molar-refractivity contribution in [1.29, 1.82) is 0 Å². The van der Waals surface area contributed by atoms with E-state index in [2.05, 4.69) is 0 Å². The molecule has 2 aromatic carbocycles. The molecule has 1 saturated heterocycles. The monoisotopic (exact) mass is 384 g/mol. The van der Waals surface area contributed by atoms with Crippen LogP contribution in [0.25, 0.3) is 0 Å². The van der Waals surface area contributed by atoms with Gasteiger partial charge in [-0.25, -0.2) is 4.39 Å². The summed E-state index contributed by atoms with van der Waals surface area (Å²) in [6.45, 7) is 2.50. The van der Waals surface area contributed by atoms with Crippen molar-refractivity contribution in [2.24, 2.45) is 5.92 Å². The molecule has 1 aliphatic heterocycles. The average molecular weight is 384 g/mol. The number of amides is 1. The molecule has 1 aliphatic rings. The lowest BCUT2D eigenvalue weighted by Gasteiger charge is -2.32. The molecule has 4 nitrogen and oxygen atoms in total. The predicted octanol–water partition coefficient (Wildman–Crippen LogP) is 4.35. The van der Waals surface area contributed by atoms with Gasteiger partial charge < -0.3 is 14.5 Å². The van der Waals surface area contributed by atoms with Gasteiger partial charge in [0.1, 0.15) is 5.82 Å². The van der Waals surface area contributed by atoms with Crippen LogP contribution in [0.2, 0.25) is 0 Å². The van der Waals surface area contributed by atoms with E-state index >= 15 is 0 Å². The minimum Gasteiger partial charge on any atom is -0.378 e. The number of carbonyl (C=O) groups excluding carboxylic acids is 1. The molecule has 0 spiro atoms. The zero-order chi connectivity index (χ0) is 19.9. The number of halogens is 1. The third-order valence-electron chi connectivity index (χ3n) is 5.40. The van der Waals surface area contributed by atoms with Crippen LogP contribution in [-0.2, 0) is 11.3 Å². The predicted molar refractivity (Wildman–Crippen MR) is 110 cm³/mol. The Balaban J connectivity index is 1.41. The first kappa shape index (κ1) is 20.3. The van der Waals surface area contributed by atoms with E-state index in [0.717, 1.165) is 43.6 Å². The Hall–Kier alpha value is -2.40. The van der Waals surface area contributed by atoms with Crippen molar-refractivity contribution in [3.8, 4) is 0 Å². The second kappa shape index (κ2) is 9.69. The molecule has 1 heterocycles. The Labute approximate surface area is 166 Å². The fourth-order valence-corrected chi connectivity index (χ4v) is 3.57. The number of benzene rings is 2. The number of carbonyl (C=O) groups is 1. The van der Waals surface area contributed by atoms with E-state index in [4.69, 9.17) is 4.74 Å². The minimum absolute atomic E-state index is 0.109. The van der Waals surface area contributed by atoms with Crippen LogP contribution in [0, 0.1) is 11.7 Å². The molecule has 0 atom stereocenters. The zero-order valence-electron chi connectivity index (χ0n) is 16.7. The van der Waals surface area contributed by atoms with Crippen molar-refractivity contribution in [1.82, 2.24) is 4.90 Å². The molecule has 2 aromatic rings. The maximum Gasteiger partial charge on any atom is 0.253 e. The summed E-state index contributed by atoms with van der Waals surface area (Å²) in [5, 5.41) is 0. The van der Waals surface area contributed by atoms with E-state index in [1.165, 1.54) is 6.07 Å². The largest absolute Gasteiger partial charge is 0.378 e. The maximum absolute atomic E-state index is 13.6. The molecule has 0 bridgehead atoms. The molecule has 3 rings (SSSR count). The lowest BCUT2D eigenvalue weighted by molar-refractivity contribution is 0.0637. The summed E-state index contributed by atoms with van der Waals surface area (Å²) in [6, 6.07) is 14.5. The molecule has 5 heteroatoms. The highest BCUT2D eigenvalue weighted by molar-refractivity contribution is 5.95. The fourth-order valence-electron chi connectivity index (χ4n) is 3.57. The second-order valence-electron chi connectivity index (χ2n) is 7.61. The summed E-state index contributed by atoms with van der Waals surface area (Å²) in [6.07, 6.45) is 2.93. The van der Waals surface area contributed by atoms with E-state index < -0.39 is 0 Å². The van der Waals surface area contributed by atoms with Crippen LogP contribution in [0.1, 0.15) is 35.2 Å². The van der Waals surface area contributed by atoms with Crippen LogP contribution in [0.15, 0.2) is 48.5 Å². The molecule has 0 aliphatic carbocycles. The molecule has 1 fully saturated rings. The van der Waals surface area contributed by atoms with Gasteiger partial charge in [0, 0.05) is 50.6 Å². The summed E-state index contributed by atoms with van der Waals surface area (Å²) in [4.78, 5) is 16.7. The molecule has 0 radical (unpaired) electrons. The first-order valence-electron chi connectivity index (χ1n) is 9.92. The highest BCUT2D eigenvalue weighted by Crippen LogP contribution is 2.23. The summed E-state index contributed by atoms with van der Waals surface area (Å²) in [5.74, 6) is 0.448.